The molecule has 1 amide bonds. The fourth-order valence-electron chi connectivity index (χ4n) is 3.01. The molecule has 0 aromatic heterocycles. The Morgan fingerprint density at radius 1 is 1.28 bits per heavy atom. The van der Waals surface area contributed by atoms with Gasteiger partial charge in [-0.05, 0) is 42.3 Å². The number of methoxy groups -OCH3 is 1. The number of nitrogens with one attached hydrogen (secondary N) is 2. The van der Waals surface area contributed by atoms with Gasteiger partial charge in [-0.25, -0.2) is 0 Å². The molecular formula is C19H22Cl2N2O2. The van der Waals surface area contributed by atoms with Gasteiger partial charge in [-0.3, -0.25) is 4.79 Å². The number of rotatable bonds is 5. The Hall–Kier alpha value is -1.75. The zero-order valence-corrected chi connectivity index (χ0v) is 15.6. The summed E-state index contributed by atoms with van der Waals surface area (Å²) in [6.07, 6.45) is 0.860. The van der Waals surface area contributed by atoms with Gasteiger partial charge >= 0.3 is 0 Å². The Bertz CT molecular complexity index is 718. The number of hydrogen-bond acceptors (Lipinski definition) is 3. The predicted molar refractivity (Wildman–Crippen MR) is 103 cm³/mol. The van der Waals surface area contributed by atoms with Crippen molar-refractivity contribution in [2.24, 2.45) is 5.92 Å². The van der Waals surface area contributed by atoms with Crippen LogP contribution in [-0.2, 0) is 4.79 Å². The summed E-state index contributed by atoms with van der Waals surface area (Å²) in [6.45, 7) is 1.60. The third-order valence-corrected chi connectivity index (χ3v) is 4.71. The van der Waals surface area contributed by atoms with Crippen LogP contribution < -0.4 is 15.4 Å². The number of carbonyl (C=O) groups is 1. The fraction of sp³-hybridized carbons (Fsp3) is 0.316. The smallest absolute Gasteiger partial charge is 0.225 e. The standard InChI is InChI=1S/C19H21ClN2O2.ClH/c1-24-15-6-4-5-13(11-15)18(16-7-2-3-8-17(16)20)22-19(23)14-9-10-21-12-14;/h2-8,11,14,18,21H,9-10,12H2,1H3,(H,22,23);1H. The monoisotopic (exact) mass is 380 g/mol. The van der Waals surface area contributed by atoms with Crippen molar-refractivity contribution >= 4 is 29.9 Å². The molecule has 2 aromatic rings. The van der Waals surface area contributed by atoms with Gasteiger partial charge in [-0.15, -0.1) is 12.4 Å². The van der Waals surface area contributed by atoms with Crippen molar-refractivity contribution in [1.82, 2.24) is 10.6 Å². The molecule has 1 aliphatic rings. The highest BCUT2D eigenvalue weighted by atomic mass is 35.5. The van der Waals surface area contributed by atoms with Crippen LogP contribution in [0, 0.1) is 5.92 Å². The van der Waals surface area contributed by atoms with E-state index in [-0.39, 0.29) is 30.3 Å². The van der Waals surface area contributed by atoms with Crippen molar-refractivity contribution in [2.75, 3.05) is 20.2 Å². The summed E-state index contributed by atoms with van der Waals surface area (Å²) in [7, 11) is 1.63. The second-order valence-corrected chi connectivity index (χ2v) is 6.34. The van der Waals surface area contributed by atoms with Crippen molar-refractivity contribution in [2.45, 2.75) is 12.5 Å². The highest BCUT2D eigenvalue weighted by Gasteiger charge is 2.26. The first-order valence-electron chi connectivity index (χ1n) is 8.08. The van der Waals surface area contributed by atoms with E-state index >= 15 is 0 Å². The van der Waals surface area contributed by atoms with E-state index in [1.54, 1.807) is 7.11 Å². The molecule has 2 atom stereocenters. The van der Waals surface area contributed by atoms with E-state index in [1.165, 1.54) is 0 Å². The molecule has 2 N–H and O–H groups in total. The van der Waals surface area contributed by atoms with Crippen molar-refractivity contribution in [3.63, 3.8) is 0 Å². The molecule has 0 spiro atoms. The first-order chi connectivity index (χ1) is 11.7. The van der Waals surface area contributed by atoms with Crippen molar-refractivity contribution in [3.05, 3.63) is 64.7 Å². The Labute approximate surface area is 159 Å². The van der Waals surface area contributed by atoms with Crippen molar-refractivity contribution in [1.29, 1.82) is 0 Å². The zero-order chi connectivity index (χ0) is 16.9. The van der Waals surface area contributed by atoms with Crippen molar-refractivity contribution in [3.8, 4) is 5.75 Å². The molecule has 134 valence electrons. The lowest BCUT2D eigenvalue weighted by Crippen LogP contribution is -2.35. The maximum absolute atomic E-state index is 12.6. The summed E-state index contributed by atoms with van der Waals surface area (Å²) in [5, 5.41) is 7.03. The minimum absolute atomic E-state index is 0. The molecule has 3 rings (SSSR count). The van der Waals surface area contributed by atoms with Crippen LogP contribution in [0.25, 0.3) is 0 Å². The normalized spacial score (nSPS) is 17.4. The molecule has 6 heteroatoms. The van der Waals surface area contributed by atoms with Gasteiger partial charge in [0.05, 0.1) is 19.1 Å². The van der Waals surface area contributed by atoms with E-state index in [9.17, 15) is 4.79 Å². The molecule has 1 heterocycles. The van der Waals surface area contributed by atoms with Gasteiger partial charge in [0.1, 0.15) is 5.75 Å². The topological polar surface area (TPSA) is 50.4 Å². The lowest BCUT2D eigenvalue weighted by Gasteiger charge is -2.23. The summed E-state index contributed by atoms with van der Waals surface area (Å²) in [5.41, 5.74) is 1.83. The highest BCUT2D eigenvalue weighted by Crippen LogP contribution is 2.30. The largest absolute Gasteiger partial charge is 0.497 e. The lowest BCUT2D eigenvalue weighted by atomic mass is 9.97. The molecule has 0 aliphatic carbocycles. The number of ether oxygens (including phenoxy) is 1. The van der Waals surface area contributed by atoms with Crippen LogP contribution >= 0.6 is 24.0 Å². The molecule has 0 saturated carbocycles. The number of carbonyl (C=O) groups excluding carboxylic acids is 1. The zero-order valence-electron chi connectivity index (χ0n) is 14.0. The first kappa shape index (κ1) is 19.6. The van der Waals surface area contributed by atoms with E-state index in [0.717, 1.165) is 36.4 Å². The number of amides is 1. The lowest BCUT2D eigenvalue weighted by molar-refractivity contribution is -0.124. The predicted octanol–water partition coefficient (Wildman–Crippen LogP) is 3.59. The summed E-state index contributed by atoms with van der Waals surface area (Å²) in [6, 6.07) is 15.0. The van der Waals surface area contributed by atoms with Crippen molar-refractivity contribution < 1.29 is 9.53 Å². The first-order valence-corrected chi connectivity index (χ1v) is 8.46. The molecule has 2 unspecified atom stereocenters. The Kier molecular flexibility index (Phi) is 7.12. The maximum Gasteiger partial charge on any atom is 0.225 e. The van der Waals surface area contributed by atoms with E-state index in [1.807, 2.05) is 48.5 Å². The van der Waals surface area contributed by atoms with Crippen LogP contribution in [0.3, 0.4) is 0 Å². The van der Waals surface area contributed by atoms with Gasteiger partial charge in [-0.2, -0.15) is 0 Å². The SMILES string of the molecule is COc1cccc(C(NC(=O)C2CCNC2)c2ccccc2Cl)c1.Cl. The minimum atomic E-state index is -0.304. The molecule has 0 bridgehead atoms. The van der Waals surface area contributed by atoms with E-state index in [4.69, 9.17) is 16.3 Å². The third-order valence-electron chi connectivity index (χ3n) is 4.36. The van der Waals surface area contributed by atoms with Gasteiger partial charge < -0.3 is 15.4 Å². The Balaban J connectivity index is 0.00000225. The molecule has 25 heavy (non-hydrogen) atoms. The van der Waals surface area contributed by atoms with Crippen LogP contribution in [0.15, 0.2) is 48.5 Å². The van der Waals surface area contributed by atoms with Gasteiger partial charge in [0.2, 0.25) is 5.91 Å². The van der Waals surface area contributed by atoms with Crippen LogP contribution in [0.4, 0.5) is 0 Å². The van der Waals surface area contributed by atoms with Gasteiger partial charge in [-0.1, -0.05) is 41.9 Å². The summed E-state index contributed by atoms with van der Waals surface area (Å²) >= 11 is 6.39. The van der Waals surface area contributed by atoms with Gasteiger partial charge in [0.15, 0.2) is 0 Å². The van der Waals surface area contributed by atoms with E-state index in [2.05, 4.69) is 10.6 Å². The molecule has 0 radical (unpaired) electrons. The summed E-state index contributed by atoms with van der Waals surface area (Å²) in [5.74, 6) is 0.801. The second-order valence-electron chi connectivity index (χ2n) is 5.93. The average Bonchev–Trinajstić information content (AvgIpc) is 3.15. The second kappa shape index (κ2) is 9.09. The molecular weight excluding hydrogens is 359 g/mol. The van der Waals surface area contributed by atoms with E-state index < -0.39 is 0 Å². The average molecular weight is 381 g/mol. The van der Waals surface area contributed by atoms with E-state index in [0.29, 0.717) is 5.02 Å². The van der Waals surface area contributed by atoms with Crippen LogP contribution in [0.1, 0.15) is 23.6 Å². The molecule has 4 nitrogen and oxygen atoms in total. The van der Waals surface area contributed by atoms with Crippen LogP contribution in [-0.4, -0.2) is 26.1 Å². The Morgan fingerprint density at radius 3 is 2.76 bits per heavy atom. The highest BCUT2D eigenvalue weighted by molar-refractivity contribution is 6.31. The maximum atomic E-state index is 12.6. The molecule has 1 saturated heterocycles. The van der Waals surface area contributed by atoms with Crippen LogP contribution in [0.2, 0.25) is 5.02 Å². The number of hydrogen-bond donors (Lipinski definition) is 2. The molecule has 1 aliphatic heterocycles. The van der Waals surface area contributed by atoms with Crippen LogP contribution in [0.5, 0.6) is 5.75 Å². The quantitative estimate of drug-likeness (QED) is 0.833. The number of halogens is 2. The number of benzene rings is 2. The summed E-state index contributed by atoms with van der Waals surface area (Å²) < 4.78 is 5.32. The third kappa shape index (κ3) is 4.66. The Morgan fingerprint density at radius 2 is 2.08 bits per heavy atom. The minimum Gasteiger partial charge on any atom is -0.497 e. The molecule has 2 aromatic carbocycles. The van der Waals surface area contributed by atoms with Gasteiger partial charge in [0, 0.05) is 11.6 Å². The summed E-state index contributed by atoms with van der Waals surface area (Å²) in [4.78, 5) is 12.6. The molecule has 1 fully saturated rings. The fourth-order valence-corrected chi connectivity index (χ4v) is 3.25. The van der Waals surface area contributed by atoms with Gasteiger partial charge in [0.25, 0.3) is 0 Å².